The van der Waals surface area contributed by atoms with Gasteiger partial charge in [-0.05, 0) is 29.3 Å². The second-order valence-corrected chi connectivity index (χ2v) is 9.08. The summed E-state index contributed by atoms with van der Waals surface area (Å²) >= 11 is 0. The van der Waals surface area contributed by atoms with Gasteiger partial charge in [0.15, 0.2) is 5.72 Å². The molecule has 136 valence electrons. The molecule has 3 aliphatic rings. The first-order chi connectivity index (χ1) is 12.5. The summed E-state index contributed by atoms with van der Waals surface area (Å²) in [6.45, 7) is 1.60. The number of nitrogens with zero attached hydrogens (tertiary/aromatic N) is 2. The molecule has 2 atom stereocenters. The minimum Gasteiger partial charge on any atom is -0.354 e. The van der Waals surface area contributed by atoms with E-state index in [0.29, 0.717) is 26.1 Å². The normalized spacial score (nSPS) is 29.2. The van der Waals surface area contributed by atoms with E-state index in [1.165, 1.54) is 4.31 Å². The maximum atomic E-state index is 13.3. The predicted molar refractivity (Wildman–Crippen MR) is 95.9 cm³/mol. The second-order valence-electron chi connectivity index (χ2n) is 7.19. The molecule has 1 amide bonds. The molecule has 0 bridgehead atoms. The highest BCUT2D eigenvalue weighted by Crippen LogP contribution is 2.46. The van der Waals surface area contributed by atoms with Gasteiger partial charge in [-0.1, -0.05) is 30.3 Å². The van der Waals surface area contributed by atoms with E-state index < -0.39 is 21.8 Å². The number of sulfonamides is 1. The monoisotopic (exact) mass is 372 g/mol. The van der Waals surface area contributed by atoms with E-state index in [4.69, 9.17) is 4.74 Å². The molecule has 3 fully saturated rings. The smallest absolute Gasteiger partial charge is 0.243 e. The molecule has 2 aromatic carbocycles. The predicted octanol–water partition coefficient (Wildman–Crippen LogP) is 1.95. The van der Waals surface area contributed by atoms with Crippen molar-refractivity contribution < 1.29 is 17.9 Å². The van der Waals surface area contributed by atoms with Crippen LogP contribution in [0.5, 0.6) is 0 Å². The molecular weight excluding hydrogens is 352 g/mol. The van der Waals surface area contributed by atoms with Crippen LogP contribution in [0.3, 0.4) is 0 Å². The van der Waals surface area contributed by atoms with Crippen molar-refractivity contribution in [3.63, 3.8) is 0 Å². The van der Waals surface area contributed by atoms with Crippen LogP contribution in [0, 0.1) is 0 Å². The molecule has 0 aromatic heterocycles. The zero-order chi connectivity index (χ0) is 17.9. The first-order valence-electron chi connectivity index (χ1n) is 8.97. The van der Waals surface area contributed by atoms with E-state index in [1.54, 1.807) is 17.0 Å². The molecule has 0 saturated carbocycles. The number of hydrogen-bond acceptors (Lipinski definition) is 4. The third-order valence-corrected chi connectivity index (χ3v) is 7.79. The van der Waals surface area contributed by atoms with Crippen molar-refractivity contribution in [1.29, 1.82) is 0 Å². The van der Waals surface area contributed by atoms with Crippen LogP contribution in [-0.4, -0.2) is 55.0 Å². The average molecular weight is 372 g/mol. The number of rotatable bonds is 2. The topological polar surface area (TPSA) is 66.9 Å². The molecule has 0 radical (unpaired) electrons. The Hall–Kier alpha value is -1.96. The fourth-order valence-corrected chi connectivity index (χ4v) is 6.36. The highest BCUT2D eigenvalue weighted by atomic mass is 32.2. The van der Waals surface area contributed by atoms with Crippen molar-refractivity contribution in [2.75, 3.05) is 19.7 Å². The van der Waals surface area contributed by atoms with Gasteiger partial charge in [0.25, 0.3) is 0 Å². The molecule has 6 nitrogen and oxygen atoms in total. The number of fused-ring (bicyclic) bond motifs is 1. The molecule has 3 aliphatic heterocycles. The van der Waals surface area contributed by atoms with Gasteiger partial charge in [-0.2, -0.15) is 4.31 Å². The Balaban J connectivity index is 1.55. The summed E-state index contributed by atoms with van der Waals surface area (Å²) in [5.41, 5.74) is -0.765. The molecule has 7 heteroatoms. The number of ether oxygens (including phenoxy) is 1. The summed E-state index contributed by atoms with van der Waals surface area (Å²) in [7, 11) is -3.69. The van der Waals surface area contributed by atoms with Crippen LogP contribution in [0.15, 0.2) is 47.4 Å². The molecule has 26 heavy (non-hydrogen) atoms. The molecule has 2 aromatic rings. The van der Waals surface area contributed by atoms with E-state index >= 15 is 0 Å². The van der Waals surface area contributed by atoms with E-state index in [2.05, 4.69) is 0 Å². The van der Waals surface area contributed by atoms with E-state index in [0.717, 1.165) is 17.2 Å². The van der Waals surface area contributed by atoms with Crippen LogP contribution < -0.4 is 0 Å². The lowest BCUT2D eigenvalue weighted by molar-refractivity contribution is -0.178. The lowest BCUT2D eigenvalue weighted by Crippen LogP contribution is -2.56. The lowest BCUT2D eigenvalue weighted by atomic mass is 10.0. The van der Waals surface area contributed by atoms with Crippen LogP contribution in [0.2, 0.25) is 0 Å². The van der Waals surface area contributed by atoms with Crippen LogP contribution >= 0.6 is 0 Å². The van der Waals surface area contributed by atoms with Gasteiger partial charge >= 0.3 is 0 Å². The molecule has 0 N–H and O–H groups in total. The molecule has 3 heterocycles. The number of hydrogen-bond donors (Lipinski definition) is 0. The molecule has 1 spiro atoms. The van der Waals surface area contributed by atoms with Crippen LogP contribution in [0.1, 0.15) is 19.3 Å². The van der Waals surface area contributed by atoms with Gasteiger partial charge in [0.05, 0.1) is 17.5 Å². The summed E-state index contributed by atoms with van der Waals surface area (Å²) in [6.07, 6.45) is 1.54. The minimum absolute atomic E-state index is 0.00638. The summed E-state index contributed by atoms with van der Waals surface area (Å²) in [5, 5.41) is 1.89. The van der Waals surface area contributed by atoms with Gasteiger partial charge in [0.1, 0.15) is 0 Å². The Kier molecular flexibility index (Phi) is 3.44. The summed E-state index contributed by atoms with van der Waals surface area (Å²) in [6, 6.07) is 12.5. The van der Waals surface area contributed by atoms with E-state index in [-0.39, 0.29) is 17.2 Å². The first-order valence-corrected chi connectivity index (χ1v) is 10.4. The Morgan fingerprint density at radius 1 is 1.08 bits per heavy atom. The molecule has 5 rings (SSSR count). The number of carbonyl (C=O) groups is 1. The summed E-state index contributed by atoms with van der Waals surface area (Å²) < 4.78 is 34.2. The quantitative estimate of drug-likeness (QED) is 0.808. The van der Waals surface area contributed by atoms with Gasteiger partial charge in [-0.25, -0.2) is 8.42 Å². The summed E-state index contributed by atoms with van der Waals surface area (Å²) in [4.78, 5) is 14.5. The van der Waals surface area contributed by atoms with Gasteiger partial charge in [0, 0.05) is 25.9 Å². The number of amides is 1. The molecule has 0 unspecified atom stereocenters. The molecular formula is C19H20N2O4S. The van der Waals surface area contributed by atoms with E-state index in [1.807, 2.05) is 30.3 Å². The van der Waals surface area contributed by atoms with Crippen molar-refractivity contribution in [3.8, 4) is 0 Å². The maximum Gasteiger partial charge on any atom is 0.243 e. The first kappa shape index (κ1) is 16.2. The second kappa shape index (κ2) is 5.52. The Morgan fingerprint density at radius 3 is 2.73 bits per heavy atom. The molecule has 3 saturated heterocycles. The highest BCUT2D eigenvalue weighted by molar-refractivity contribution is 7.89. The summed E-state index contributed by atoms with van der Waals surface area (Å²) in [5.74, 6) is -0.00638. The van der Waals surface area contributed by atoms with Crippen molar-refractivity contribution in [2.45, 2.75) is 35.9 Å². The Bertz CT molecular complexity index is 1010. The van der Waals surface area contributed by atoms with Crippen LogP contribution in [-0.2, 0) is 19.6 Å². The number of carbonyl (C=O) groups excluding carboxylic acids is 1. The number of benzene rings is 2. The van der Waals surface area contributed by atoms with E-state index in [9.17, 15) is 13.2 Å². The SMILES string of the molecule is O=C1C[C@H]2N(S(=O)(=O)c3ccc4ccccc4c3)CC[C@]23OCCCN13. The fraction of sp³-hybridized carbons (Fsp3) is 0.421. The van der Waals surface area contributed by atoms with Gasteiger partial charge in [-0.15, -0.1) is 0 Å². The average Bonchev–Trinajstić information content (AvgIpc) is 3.13. The van der Waals surface area contributed by atoms with Gasteiger partial charge in [0.2, 0.25) is 15.9 Å². The Morgan fingerprint density at radius 2 is 1.88 bits per heavy atom. The van der Waals surface area contributed by atoms with Gasteiger partial charge < -0.3 is 9.64 Å². The van der Waals surface area contributed by atoms with Gasteiger partial charge in [-0.3, -0.25) is 4.79 Å². The molecule has 0 aliphatic carbocycles. The van der Waals surface area contributed by atoms with Crippen LogP contribution in [0.25, 0.3) is 10.8 Å². The van der Waals surface area contributed by atoms with Crippen molar-refractivity contribution in [2.24, 2.45) is 0 Å². The zero-order valence-electron chi connectivity index (χ0n) is 14.3. The van der Waals surface area contributed by atoms with Crippen molar-refractivity contribution in [3.05, 3.63) is 42.5 Å². The minimum atomic E-state index is -3.69. The van der Waals surface area contributed by atoms with Crippen molar-refractivity contribution >= 4 is 26.7 Å². The largest absolute Gasteiger partial charge is 0.354 e. The highest BCUT2D eigenvalue weighted by Gasteiger charge is 2.63. The third kappa shape index (κ3) is 2.11. The fourth-order valence-electron chi connectivity index (χ4n) is 4.66. The van der Waals surface area contributed by atoms with Crippen LogP contribution in [0.4, 0.5) is 0 Å². The maximum absolute atomic E-state index is 13.3. The zero-order valence-corrected chi connectivity index (χ0v) is 15.1. The van der Waals surface area contributed by atoms with Crippen molar-refractivity contribution in [1.82, 2.24) is 9.21 Å². The standard InChI is InChI=1S/C19H20N2O4S/c22-18-13-17-19(20(18)9-3-11-25-19)8-10-21(17)26(23,24)16-7-6-14-4-1-2-5-15(14)12-16/h1-2,4-7,12,17H,3,8-11,13H2/t17-,19+/m1/s1. The Labute approximate surface area is 152 Å². The third-order valence-electron chi connectivity index (χ3n) is 5.89. The lowest BCUT2D eigenvalue weighted by Gasteiger charge is -2.42.